The molecule has 0 aliphatic carbocycles. The molecule has 0 radical (unpaired) electrons. The molecule has 0 bridgehead atoms. The highest BCUT2D eigenvalue weighted by Gasteiger charge is 2.28. The summed E-state index contributed by atoms with van der Waals surface area (Å²) in [5, 5.41) is 8.04. The molecule has 0 spiro atoms. The Morgan fingerprint density at radius 1 is 1.21 bits per heavy atom. The number of esters is 1. The van der Waals surface area contributed by atoms with Crippen molar-refractivity contribution in [3.8, 4) is 5.75 Å². The van der Waals surface area contributed by atoms with Crippen LogP contribution >= 0.6 is 0 Å². The molecule has 33 heavy (non-hydrogen) atoms. The van der Waals surface area contributed by atoms with Crippen LogP contribution in [0, 0.1) is 0 Å². The molecule has 1 aliphatic heterocycles. The Hall–Kier alpha value is -3.59. The lowest BCUT2D eigenvalue weighted by Crippen LogP contribution is -2.46. The first-order valence-electron chi connectivity index (χ1n) is 10.9. The Morgan fingerprint density at radius 3 is 2.70 bits per heavy atom. The summed E-state index contributed by atoms with van der Waals surface area (Å²) < 4.78 is 17.8. The minimum atomic E-state index is -0.625. The van der Waals surface area contributed by atoms with Crippen LogP contribution < -0.4 is 15.0 Å². The van der Waals surface area contributed by atoms with Crippen molar-refractivity contribution in [1.82, 2.24) is 15.1 Å². The van der Waals surface area contributed by atoms with Crippen LogP contribution in [-0.4, -0.2) is 68.2 Å². The summed E-state index contributed by atoms with van der Waals surface area (Å²) in [6.07, 6.45) is -0.625. The van der Waals surface area contributed by atoms with E-state index in [9.17, 15) is 9.59 Å². The highest BCUT2D eigenvalue weighted by atomic mass is 16.6. The monoisotopic (exact) mass is 452 g/mol. The molecule has 2 heterocycles. The quantitative estimate of drug-likeness (QED) is 0.549. The summed E-state index contributed by atoms with van der Waals surface area (Å²) in [5.74, 6) is 0.186. The number of carbonyl (C=O) groups excluding carboxylic acids is 2. The molecule has 3 aromatic rings. The summed E-state index contributed by atoms with van der Waals surface area (Å²) in [4.78, 5) is 26.7. The number of morpholine rings is 1. The number of hydrogen-bond acceptors (Lipinski definition) is 7. The zero-order valence-corrected chi connectivity index (χ0v) is 19.0. The van der Waals surface area contributed by atoms with E-state index in [1.54, 1.807) is 21.1 Å². The third kappa shape index (κ3) is 4.78. The molecule has 1 aromatic heterocycles. The van der Waals surface area contributed by atoms with E-state index in [2.05, 4.69) is 15.3 Å². The van der Waals surface area contributed by atoms with Gasteiger partial charge in [0.2, 0.25) is 0 Å². The van der Waals surface area contributed by atoms with E-state index in [1.165, 1.54) is 0 Å². The Balaban J connectivity index is 1.68. The maximum atomic E-state index is 12.5. The predicted octanol–water partition coefficient (Wildman–Crippen LogP) is 2.22. The van der Waals surface area contributed by atoms with Gasteiger partial charge in [0.1, 0.15) is 5.75 Å². The number of nitrogens with zero attached hydrogens (tertiary/aromatic N) is 3. The molecule has 1 saturated heterocycles. The predicted molar refractivity (Wildman–Crippen MR) is 124 cm³/mol. The molecule has 1 N–H and O–H groups in total. The molecule has 9 nitrogen and oxygen atoms in total. The Kier molecular flexibility index (Phi) is 6.79. The van der Waals surface area contributed by atoms with Gasteiger partial charge >= 0.3 is 5.97 Å². The maximum absolute atomic E-state index is 12.5. The highest BCUT2D eigenvalue weighted by molar-refractivity contribution is 6.05. The first-order valence-corrected chi connectivity index (χ1v) is 10.9. The van der Waals surface area contributed by atoms with E-state index in [0.717, 1.165) is 27.9 Å². The molecule has 1 unspecified atom stereocenters. The topological polar surface area (TPSA) is 94.9 Å². The molecule has 1 fully saturated rings. The normalized spacial score (nSPS) is 16.0. The number of methoxy groups -OCH3 is 1. The van der Waals surface area contributed by atoms with Crippen LogP contribution in [0.15, 0.2) is 42.5 Å². The van der Waals surface area contributed by atoms with E-state index in [-0.39, 0.29) is 11.9 Å². The summed E-state index contributed by atoms with van der Waals surface area (Å²) in [5.41, 5.74) is 3.17. The van der Waals surface area contributed by atoms with E-state index >= 15 is 0 Å². The number of anilines is 1. The van der Waals surface area contributed by atoms with Gasteiger partial charge in [0, 0.05) is 24.7 Å². The fraction of sp³-hybridized carbons (Fsp3) is 0.375. The lowest BCUT2D eigenvalue weighted by atomic mass is 10.1. The molecule has 4 rings (SSSR count). The fourth-order valence-corrected chi connectivity index (χ4v) is 3.93. The van der Waals surface area contributed by atoms with Crippen LogP contribution in [-0.2, 0) is 20.8 Å². The standard InChI is InChI=1S/C24H28N4O5/c1-4-32-24(30)21-15-27(11-12-33-21)17-7-10-19-20(13-17)28(26-22(19)23(29)25-2)14-16-5-8-18(31-3)9-6-16/h5-10,13,21H,4,11-12,14-15H2,1-3H3,(H,25,29). The van der Waals surface area contributed by atoms with Gasteiger partial charge in [-0.1, -0.05) is 12.1 Å². The van der Waals surface area contributed by atoms with Crippen molar-refractivity contribution >= 4 is 28.5 Å². The number of carbonyl (C=O) groups is 2. The minimum Gasteiger partial charge on any atom is -0.497 e. The maximum Gasteiger partial charge on any atom is 0.337 e. The lowest BCUT2D eigenvalue weighted by molar-refractivity contribution is -0.157. The number of amides is 1. The van der Waals surface area contributed by atoms with E-state index in [0.29, 0.717) is 38.5 Å². The fourth-order valence-electron chi connectivity index (χ4n) is 3.93. The van der Waals surface area contributed by atoms with E-state index in [4.69, 9.17) is 14.2 Å². The van der Waals surface area contributed by atoms with Gasteiger partial charge in [-0.3, -0.25) is 9.48 Å². The van der Waals surface area contributed by atoms with Crippen LogP contribution in [0.1, 0.15) is 23.0 Å². The van der Waals surface area contributed by atoms with Gasteiger partial charge < -0.3 is 24.4 Å². The Labute approximate surface area is 192 Å². The third-order valence-electron chi connectivity index (χ3n) is 5.65. The molecule has 1 atom stereocenters. The Morgan fingerprint density at radius 2 is 2.00 bits per heavy atom. The van der Waals surface area contributed by atoms with Crippen LogP contribution in [0.2, 0.25) is 0 Å². The molecule has 1 aliphatic rings. The summed E-state index contributed by atoms with van der Waals surface area (Å²) in [7, 11) is 3.22. The first-order chi connectivity index (χ1) is 16.0. The zero-order chi connectivity index (χ0) is 23.4. The number of hydrogen-bond donors (Lipinski definition) is 1. The minimum absolute atomic E-state index is 0.241. The van der Waals surface area contributed by atoms with E-state index < -0.39 is 6.10 Å². The van der Waals surface area contributed by atoms with Crippen molar-refractivity contribution in [2.24, 2.45) is 0 Å². The number of rotatable bonds is 7. The average molecular weight is 453 g/mol. The van der Waals surface area contributed by atoms with Crippen molar-refractivity contribution in [3.63, 3.8) is 0 Å². The number of nitrogens with one attached hydrogen (secondary N) is 1. The molecule has 0 saturated carbocycles. The second-order valence-electron chi connectivity index (χ2n) is 7.69. The van der Waals surface area contributed by atoms with Crippen molar-refractivity contribution < 1.29 is 23.8 Å². The second kappa shape index (κ2) is 9.91. The van der Waals surface area contributed by atoms with Gasteiger partial charge in [0.15, 0.2) is 11.8 Å². The smallest absolute Gasteiger partial charge is 0.337 e. The van der Waals surface area contributed by atoms with Crippen LogP contribution in [0.25, 0.3) is 10.9 Å². The summed E-state index contributed by atoms with van der Waals surface area (Å²) in [6, 6.07) is 13.6. The summed E-state index contributed by atoms with van der Waals surface area (Å²) in [6.45, 7) is 4.07. The zero-order valence-electron chi connectivity index (χ0n) is 19.0. The molecular weight excluding hydrogens is 424 g/mol. The lowest BCUT2D eigenvalue weighted by Gasteiger charge is -2.33. The van der Waals surface area contributed by atoms with Crippen molar-refractivity contribution in [2.45, 2.75) is 19.6 Å². The molecule has 2 aromatic carbocycles. The second-order valence-corrected chi connectivity index (χ2v) is 7.69. The Bertz CT molecular complexity index is 1140. The average Bonchev–Trinajstić information content (AvgIpc) is 3.21. The number of ether oxygens (including phenoxy) is 3. The van der Waals surface area contributed by atoms with Gasteiger partial charge in [0.05, 0.1) is 38.9 Å². The van der Waals surface area contributed by atoms with Crippen molar-refractivity contribution in [3.05, 3.63) is 53.7 Å². The van der Waals surface area contributed by atoms with Gasteiger partial charge in [0.25, 0.3) is 5.91 Å². The number of fused-ring (bicyclic) bond motifs is 1. The molecule has 1 amide bonds. The van der Waals surface area contributed by atoms with Crippen LogP contribution in [0.3, 0.4) is 0 Å². The molecule has 9 heteroatoms. The van der Waals surface area contributed by atoms with Gasteiger partial charge in [-0.05, 0) is 42.8 Å². The number of benzene rings is 2. The molecular formula is C24H28N4O5. The van der Waals surface area contributed by atoms with Crippen molar-refractivity contribution in [1.29, 1.82) is 0 Å². The number of aromatic nitrogens is 2. The van der Waals surface area contributed by atoms with Gasteiger partial charge in [-0.15, -0.1) is 0 Å². The van der Waals surface area contributed by atoms with Gasteiger partial charge in [-0.2, -0.15) is 5.10 Å². The highest BCUT2D eigenvalue weighted by Crippen LogP contribution is 2.27. The third-order valence-corrected chi connectivity index (χ3v) is 5.65. The molecule has 174 valence electrons. The summed E-state index contributed by atoms with van der Waals surface area (Å²) >= 11 is 0. The largest absolute Gasteiger partial charge is 0.497 e. The SMILES string of the molecule is CCOC(=O)C1CN(c2ccc3c(C(=O)NC)nn(Cc4ccc(OC)cc4)c3c2)CCO1. The first kappa shape index (κ1) is 22.6. The van der Waals surface area contributed by atoms with Gasteiger partial charge in [-0.25, -0.2) is 4.79 Å². The van der Waals surface area contributed by atoms with Crippen LogP contribution in [0.4, 0.5) is 5.69 Å². The van der Waals surface area contributed by atoms with Crippen molar-refractivity contribution in [2.75, 3.05) is 45.4 Å². The van der Waals surface area contributed by atoms with E-state index in [1.807, 2.05) is 47.1 Å². The van der Waals surface area contributed by atoms with Crippen LogP contribution in [0.5, 0.6) is 5.75 Å².